The first kappa shape index (κ1) is 22.7. The third-order valence-corrected chi connectivity index (χ3v) is 5.36. The lowest BCUT2D eigenvalue weighted by Crippen LogP contribution is -2.14. The Bertz CT molecular complexity index is 1400. The van der Waals surface area contributed by atoms with Gasteiger partial charge in [-0.15, -0.1) is 0 Å². The quantitative estimate of drug-likeness (QED) is 0.306. The van der Waals surface area contributed by atoms with Gasteiger partial charge in [-0.1, -0.05) is 30.3 Å². The van der Waals surface area contributed by atoms with Gasteiger partial charge in [-0.25, -0.2) is 4.79 Å². The number of hydrogen-bond donors (Lipinski definition) is 1. The number of ketones is 1. The highest BCUT2D eigenvalue weighted by Gasteiger charge is 2.12. The van der Waals surface area contributed by atoms with Crippen LogP contribution in [0.1, 0.15) is 15.9 Å². The lowest BCUT2D eigenvalue weighted by molar-refractivity contribution is 0.104. The van der Waals surface area contributed by atoms with E-state index in [0.29, 0.717) is 28.4 Å². The molecule has 0 aliphatic heterocycles. The predicted octanol–water partition coefficient (Wildman–Crippen LogP) is 4.75. The first-order valence-electron chi connectivity index (χ1n) is 10.5. The average molecular weight is 456 g/mol. The molecule has 1 heterocycles. The Balaban J connectivity index is 1.59. The van der Waals surface area contributed by atoms with Crippen LogP contribution in [0.25, 0.3) is 23.0 Å². The highest BCUT2D eigenvalue weighted by molar-refractivity contribution is 6.07. The number of H-pyrrole nitrogens is 1. The summed E-state index contributed by atoms with van der Waals surface area (Å²) in [6, 6.07) is 19.7. The molecule has 0 aliphatic rings. The van der Waals surface area contributed by atoms with Gasteiger partial charge in [-0.3, -0.25) is 9.36 Å². The lowest BCUT2D eigenvalue weighted by atomic mass is 10.1. The van der Waals surface area contributed by atoms with Crippen molar-refractivity contribution in [3.8, 4) is 34.2 Å². The number of nitrogens with zero attached hydrogens (tertiary/aromatic N) is 1. The van der Waals surface area contributed by atoms with E-state index in [1.807, 2.05) is 30.3 Å². The number of rotatable bonds is 8. The fourth-order valence-corrected chi connectivity index (χ4v) is 3.53. The van der Waals surface area contributed by atoms with E-state index in [1.54, 1.807) is 70.0 Å². The number of methoxy groups -OCH3 is 3. The predicted molar refractivity (Wildman–Crippen MR) is 131 cm³/mol. The van der Waals surface area contributed by atoms with Crippen molar-refractivity contribution in [2.24, 2.45) is 0 Å². The second-order valence-electron chi connectivity index (χ2n) is 7.43. The number of imidazole rings is 1. The second kappa shape index (κ2) is 9.95. The molecular formula is C27H24N2O5. The topological polar surface area (TPSA) is 82.5 Å². The molecule has 0 atom stereocenters. The fourth-order valence-electron chi connectivity index (χ4n) is 3.53. The SMILES string of the molecule is COc1ccc(/C=C/C(=O)c2cccc(-n3cc(-c4ccc(OC)c(OC)c4)[nH]c3=O)c2)cc1. The molecule has 0 spiro atoms. The summed E-state index contributed by atoms with van der Waals surface area (Å²) in [7, 11) is 4.73. The minimum Gasteiger partial charge on any atom is -0.497 e. The summed E-state index contributed by atoms with van der Waals surface area (Å²) in [6.07, 6.45) is 4.95. The molecule has 0 amide bonds. The Kier molecular flexibility index (Phi) is 6.64. The molecule has 3 aromatic carbocycles. The van der Waals surface area contributed by atoms with E-state index in [4.69, 9.17) is 14.2 Å². The molecule has 1 aromatic heterocycles. The van der Waals surface area contributed by atoms with Gasteiger partial charge in [0, 0.05) is 17.3 Å². The van der Waals surface area contributed by atoms with Gasteiger partial charge < -0.3 is 19.2 Å². The lowest BCUT2D eigenvalue weighted by Gasteiger charge is -2.08. The van der Waals surface area contributed by atoms with Crippen LogP contribution in [0, 0.1) is 0 Å². The number of aromatic amines is 1. The van der Waals surface area contributed by atoms with Crippen LogP contribution in [-0.4, -0.2) is 36.7 Å². The van der Waals surface area contributed by atoms with Crippen molar-refractivity contribution in [3.63, 3.8) is 0 Å². The summed E-state index contributed by atoms with van der Waals surface area (Å²) in [4.78, 5) is 28.3. The van der Waals surface area contributed by atoms with Crippen LogP contribution in [0.2, 0.25) is 0 Å². The Morgan fingerprint density at radius 2 is 1.65 bits per heavy atom. The van der Waals surface area contributed by atoms with Crippen molar-refractivity contribution < 1.29 is 19.0 Å². The molecule has 0 fully saturated rings. The molecule has 0 bridgehead atoms. The summed E-state index contributed by atoms with van der Waals surface area (Å²) < 4.78 is 17.2. The van der Waals surface area contributed by atoms with Gasteiger partial charge >= 0.3 is 5.69 Å². The van der Waals surface area contributed by atoms with Gasteiger partial charge in [-0.05, 0) is 54.1 Å². The molecule has 7 heteroatoms. The number of nitrogens with one attached hydrogen (secondary N) is 1. The van der Waals surface area contributed by atoms with Gasteiger partial charge in [0.15, 0.2) is 17.3 Å². The molecule has 0 aliphatic carbocycles. The van der Waals surface area contributed by atoms with E-state index in [1.165, 1.54) is 10.6 Å². The largest absolute Gasteiger partial charge is 0.497 e. The monoisotopic (exact) mass is 456 g/mol. The van der Waals surface area contributed by atoms with Gasteiger partial charge in [0.2, 0.25) is 0 Å². The molecule has 0 saturated heterocycles. The molecule has 0 saturated carbocycles. The van der Waals surface area contributed by atoms with E-state index < -0.39 is 0 Å². The Hall–Kier alpha value is -4.52. The van der Waals surface area contributed by atoms with Crippen LogP contribution in [0.3, 0.4) is 0 Å². The highest BCUT2D eigenvalue weighted by atomic mass is 16.5. The number of ether oxygens (including phenoxy) is 3. The summed E-state index contributed by atoms with van der Waals surface area (Å²) >= 11 is 0. The normalized spacial score (nSPS) is 10.9. The molecule has 0 radical (unpaired) electrons. The summed E-state index contributed by atoms with van der Waals surface area (Å²) in [5.41, 5.74) is 3.00. The minimum atomic E-state index is -0.317. The zero-order chi connectivity index (χ0) is 24.1. The number of carbonyl (C=O) groups is 1. The van der Waals surface area contributed by atoms with Crippen molar-refractivity contribution in [2.75, 3.05) is 21.3 Å². The third-order valence-electron chi connectivity index (χ3n) is 5.36. The van der Waals surface area contributed by atoms with E-state index >= 15 is 0 Å². The number of carbonyl (C=O) groups excluding carboxylic acids is 1. The molecule has 0 unspecified atom stereocenters. The molecule has 4 rings (SSSR count). The number of benzene rings is 3. The first-order valence-corrected chi connectivity index (χ1v) is 10.5. The smallest absolute Gasteiger partial charge is 0.330 e. The Morgan fingerprint density at radius 1 is 0.882 bits per heavy atom. The van der Waals surface area contributed by atoms with Crippen LogP contribution < -0.4 is 19.9 Å². The first-order chi connectivity index (χ1) is 16.5. The van der Waals surface area contributed by atoms with Gasteiger partial charge in [0.1, 0.15) is 5.75 Å². The molecule has 4 aromatic rings. The van der Waals surface area contributed by atoms with Crippen molar-refractivity contribution in [1.29, 1.82) is 0 Å². The number of aromatic nitrogens is 2. The van der Waals surface area contributed by atoms with Crippen molar-refractivity contribution >= 4 is 11.9 Å². The van der Waals surface area contributed by atoms with Gasteiger partial charge in [0.05, 0.1) is 32.7 Å². The van der Waals surface area contributed by atoms with Crippen LogP contribution in [0.4, 0.5) is 0 Å². The minimum absolute atomic E-state index is 0.165. The maximum Gasteiger partial charge on any atom is 0.330 e. The standard InChI is InChI=1S/C27H24N2O5/c1-32-22-11-7-18(8-12-22)9-13-24(30)20-5-4-6-21(15-20)29-17-23(28-27(29)31)19-10-14-25(33-2)26(16-19)34-3/h4-17H,1-3H3,(H,28,31)/b13-9+. The number of allylic oxidation sites excluding steroid dienone is 1. The Labute approximate surface area is 196 Å². The van der Waals surface area contributed by atoms with Crippen LogP contribution in [0.5, 0.6) is 17.2 Å². The zero-order valence-electron chi connectivity index (χ0n) is 19.1. The summed E-state index contributed by atoms with van der Waals surface area (Å²) in [6.45, 7) is 0. The molecular weight excluding hydrogens is 432 g/mol. The van der Waals surface area contributed by atoms with Crippen LogP contribution >= 0.6 is 0 Å². The molecule has 34 heavy (non-hydrogen) atoms. The van der Waals surface area contributed by atoms with E-state index in [-0.39, 0.29) is 11.5 Å². The fraction of sp³-hybridized carbons (Fsp3) is 0.111. The third kappa shape index (κ3) is 4.78. The van der Waals surface area contributed by atoms with Crippen LogP contribution in [-0.2, 0) is 0 Å². The summed E-state index contributed by atoms with van der Waals surface area (Å²) in [5, 5.41) is 0. The maximum absolute atomic E-state index is 12.7. The van der Waals surface area contributed by atoms with E-state index in [9.17, 15) is 9.59 Å². The van der Waals surface area contributed by atoms with Crippen molar-refractivity contribution in [1.82, 2.24) is 9.55 Å². The average Bonchev–Trinajstić information content (AvgIpc) is 3.28. The van der Waals surface area contributed by atoms with Crippen LogP contribution in [0.15, 0.2) is 83.8 Å². The molecule has 7 nitrogen and oxygen atoms in total. The van der Waals surface area contributed by atoms with E-state index in [0.717, 1.165) is 16.9 Å². The molecule has 172 valence electrons. The Morgan fingerprint density at radius 3 is 2.35 bits per heavy atom. The number of hydrogen-bond acceptors (Lipinski definition) is 5. The van der Waals surface area contributed by atoms with Gasteiger partial charge in [0.25, 0.3) is 0 Å². The van der Waals surface area contributed by atoms with E-state index in [2.05, 4.69) is 4.98 Å². The van der Waals surface area contributed by atoms with Gasteiger partial charge in [-0.2, -0.15) is 0 Å². The zero-order valence-corrected chi connectivity index (χ0v) is 19.1. The summed E-state index contributed by atoms with van der Waals surface area (Å²) in [5.74, 6) is 1.74. The highest BCUT2D eigenvalue weighted by Crippen LogP contribution is 2.31. The molecule has 1 N–H and O–H groups in total. The van der Waals surface area contributed by atoms with Crippen molar-refractivity contribution in [3.05, 3.63) is 101 Å². The second-order valence-corrected chi connectivity index (χ2v) is 7.43. The maximum atomic E-state index is 12.7. The van der Waals surface area contributed by atoms with Crippen molar-refractivity contribution in [2.45, 2.75) is 0 Å².